The fraction of sp³-hybridized carbons (Fsp3) is 0.267. The topological polar surface area (TPSA) is 54.3 Å². The molecule has 4 nitrogen and oxygen atoms in total. The second kappa shape index (κ2) is 6.09. The zero-order valence-corrected chi connectivity index (χ0v) is 11.0. The number of rotatable bonds is 5. The Morgan fingerprint density at radius 3 is 2.68 bits per heavy atom. The first-order valence-electron chi connectivity index (χ1n) is 6.36. The van der Waals surface area contributed by atoms with Crippen LogP contribution in [0, 0.1) is 6.92 Å². The van der Waals surface area contributed by atoms with E-state index >= 15 is 0 Å². The molecule has 2 N–H and O–H groups in total. The van der Waals surface area contributed by atoms with Crippen LogP contribution in [0.4, 0.5) is 5.69 Å². The molecule has 1 amide bonds. The Kier molecular flexibility index (Phi) is 4.23. The van der Waals surface area contributed by atoms with Crippen LogP contribution in [-0.4, -0.2) is 15.6 Å². The third kappa shape index (κ3) is 3.61. The van der Waals surface area contributed by atoms with Crippen molar-refractivity contribution in [1.29, 1.82) is 0 Å². The van der Waals surface area contributed by atoms with Crippen LogP contribution in [0.1, 0.15) is 18.4 Å². The molecule has 2 rings (SSSR count). The zero-order valence-electron chi connectivity index (χ0n) is 11.0. The maximum Gasteiger partial charge on any atom is 0.224 e. The summed E-state index contributed by atoms with van der Waals surface area (Å²) >= 11 is 0. The van der Waals surface area contributed by atoms with E-state index in [1.807, 2.05) is 42.1 Å². The van der Waals surface area contributed by atoms with E-state index < -0.39 is 0 Å². The van der Waals surface area contributed by atoms with Crippen molar-refractivity contribution in [2.24, 2.45) is 0 Å². The number of benzene rings is 1. The van der Waals surface area contributed by atoms with Crippen LogP contribution in [0.2, 0.25) is 0 Å². The van der Waals surface area contributed by atoms with Crippen LogP contribution in [-0.2, 0) is 11.3 Å². The normalized spacial score (nSPS) is 10.4. The van der Waals surface area contributed by atoms with E-state index in [0.717, 1.165) is 18.5 Å². The lowest BCUT2D eigenvalue weighted by molar-refractivity contribution is -0.116. The molecule has 0 fully saturated rings. The minimum absolute atomic E-state index is 0.0724. The van der Waals surface area contributed by atoms with Crippen LogP contribution in [0.15, 0.2) is 42.7 Å². The highest BCUT2D eigenvalue weighted by Crippen LogP contribution is 2.26. The summed E-state index contributed by atoms with van der Waals surface area (Å²) in [6.07, 6.45) is 5.16. The largest absolute Gasteiger partial charge is 0.506 e. The van der Waals surface area contributed by atoms with Gasteiger partial charge in [0.05, 0.1) is 5.69 Å². The number of phenols is 1. The Morgan fingerprint density at radius 2 is 2.00 bits per heavy atom. The molecule has 0 aliphatic carbocycles. The molecule has 2 aromatic rings. The van der Waals surface area contributed by atoms with Gasteiger partial charge in [-0.2, -0.15) is 0 Å². The first-order chi connectivity index (χ1) is 9.16. The summed E-state index contributed by atoms with van der Waals surface area (Å²) in [7, 11) is 0. The molecular weight excluding hydrogens is 240 g/mol. The number of aryl methyl sites for hydroxylation is 2. The molecule has 0 atom stereocenters. The Morgan fingerprint density at radius 1 is 1.26 bits per heavy atom. The maximum absolute atomic E-state index is 11.8. The lowest BCUT2D eigenvalue weighted by Gasteiger charge is -2.10. The number of nitrogens with zero attached hydrogens (tertiary/aromatic N) is 1. The predicted octanol–water partition coefficient (Wildman–Crippen LogP) is 2.92. The van der Waals surface area contributed by atoms with E-state index in [1.165, 1.54) is 0 Å². The maximum atomic E-state index is 11.8. The van der Waals surface area contributed by atoms with Gasteiger partial charge in [0, 0.05) is 25.4 Å². The molecule has 0 saturated heterocycles. The Bertz CT molecular complexity index is 527. The van der Waals surface area contributed by atoms with Gasteiger partial charge in [0.15, 0.2) is 0 Å². The highest BCUT2D eigenvalue weighted by atomic mass is 16.3. The summed E-state index contributed by atoms with van der Waals surface area (Å²) in [5.74, 6) is 0.0375. The first-order valence-corrected chi connectivity index (χ1v) is 6.36. The van der Waals surface area contributed by atoms with Crippen molar-refractivity contribution in [3.63, 3.8) is 0 Å². The molecule has 0 saturated carbocycles. The second-order valence-corrected chi connectivity index (χ2v) is 4.54. The van der Waals surface area contributed by atoms with E-state index in [9.17, 15) is 9.90 Å². The fourth-order valence-electron chi connectivity index (χ4n) is 1.96. The summed E-state index contributed by atoms with van der Waals surface area (Å²) in [6.45, 7) is 2.68. The molecule has 0 radical (unpaired) electrons. The third-order valence-corrected chi connectivity index (χ3v) is 3.00. The SMILES string of the molecule is Cc1cccc(O)c1NC(=O)CCCn1cccc1. The number of phenolic OH excluding ortho intramolecular Hbond substituents is 1. The number of aromatic nitrogens is 1. The van der Waals surface area contributed by atoms with Gasteiger partial charge in [0.25, 0.3) is 0 Å². The van der Waals surface area contributed by atoms with Gasteiger partial charge in [0.2, 0.25) is 5.91 Å². The molecule has 1 aromatic heterocycles. The minimum Gasteiger partial charge on any atom is -0.506 e. The molecule has 0 bridgehead atoms. The number of anilines is 1. The average Bonchev–Trinajstić information content (AvgIpc) is 2.87. The third-order valence-electron chi connectivity index (χ3n) is 3.00. The second-order valence-electron chi connectivity index (χ2n) is 4.54. The number of hydrogen-bond acceptors (Lipinski definition) is 2. The highest BCUT2D eigenvalue weighted by molar-refractivity contribution is 5.93. The number of nitrogens with one attached hydrogen (secondary N) is 1. The van der Waals surface area contributed by atoms with Crippen LogP contribution >= 0.6 is 0 Å². The van der Waals surface area contributed by atoms with Gasteiger partial charge in [-0.25, -0.2) is 0 Å². The van der Waals surface area contributed by atoms with Crippen LogP contribution in [0.5, 0.6) is 5.75 Å². The number of para-hydroxylation sites is 1. The number of aromatic hydroxyl groups is 1. The van der Waals surface area contributed by atoms with Crippen molar-refractivity contribution in [1.82, 2.24) is 4.57 Å². The molecule has 1 aromatic carbocycles. The number of carbonyl (C=O) groups excluding carboxylic acids is 1. The van der Waals surface area contributed by atoms with Crippen LogP contribution in [0.3, 0.4) is 0 Å². The highest BCUT2D eigenvalue weighted by Gasteiger charge is 2.08. The van der Waals surface area contributed by atoms with Gasteiger partial charge in [-0.3, -0.25) is 4.79 Å². The fourth-order valence-corrected chi connectivity index (χ4v) is 1.96. The Hall–Kier alpha value is -2.23. The summed E-state index contributed by atoms with van der Waals surface area (Å²) in [5.41, 5.74) is 1.37. The standard InChI is InChI=1S/C15H18N2O2/c1-12-6-4-7-13(18)15(12)16-14(19)8-5-11-17-9-2-3-10-17/h2-4,6-7,9-10,18H,5,8,11H2,1H3,(H,16,19). The van der Waals surface area contributed by atoms with Crippen molar-refractivity contribution in [2.75, 3.05) is 5.32 Å². The quantitative estimate of drug-likeness (QED) is 0.810. The predicted molar refractivity (Wildman–Crippen MR) is 75.1 cm³/mol. The van der Waals surface area contributed by atoms with Gasteiger partial charge in [-0.1, -0.05) is 12.1 Å². The molecule has 4 heteroatoms. The van der Waals surface area contributed by atoms with Crippen molar-refractivity contribution < 1.29 is 9.90 Å². The summed E-state index contributed by atoms with van der Waals surface area (Å²) in [6, 6.07) is 9.11. The molecule has 0 aliphatic rings. The number of hydrogen-bond donors (Lipinski definition) is 2. The van der Waals surface area contributed by atoms with E-state index in [-0.39, 0.29) is 11.7 Å². The van der Waals surface area contributed by atoms with Crippen LogP contribution < -0.4 is 5.32 Å². The molecule has 19 heavy (non-hydrogen) atoms. The van der Waals surface area contributed by atoms with E-state index in [4.69, 9.17) is 0 Å². The zero-order chi connectivity index (χ0) is 13.7. The molecule has 100 valence electrons. The first kappa shape index (κ1) is 13.2. The molecule has 0 spiro atoms. The number of carbonyl (C=O) groups is 1. The monoisotopic (exact) mass is 258 g/mol. The van der Waals surface area contributed by atoms with E-state index in [1.54, 1.807) is 12.1 Å². The number of amides is 1. The Balaban J connectivity index is 1.84. The lowest BCUT2D eigenvalue weighted by atomic mass is 10.1. The summed E-state index contributed by atoms with van der Waals surface area (Å²) in [4.78, 5) is 11.8. The molecule has 0 aliphatic heterocycles. The van der Waals surface area contributed by atoms with Gasteiger partial charge in [-0.05, 0) is 37.1 Å². The molecule has 1 heterocycles. The van der Waals surface area contributed by atoms with Crippen molar-refractivity contribution in [2.45, 2.75) is 26.3 Å². The Labute approximate surface area is 112 Å². The summed E-state index contributed by atoms with van der Waals surface area (Å²) < 4.78 is 2.04. The van der Waals surface area contributed by atoms with Gasteiger partial charge in [-0.15, -0.1) is 0 Å². The summed E-state index contributed by atoms with van der Waals surface area (Å²) in [5, 5.41) is 12.5. The van der Waals surface area contributed by atoms with Gasteiger partial charge in [0.1, 0.15) is 5.75 Å². The van der Waals surface area contributed by atoms with Crippen molar-refractivity contribution in [3.8, 4) is 5.75 Å². The van der Waals surface area contributed by atoms with Crippen molar-refractivity contribution in [3.05, 3.63) is 48.3 Å². The van der Waals surface area contributed by atoms with E-state index in [0.29, 0.717) is 12.1 Å². The van der Waals surface area contributed by atoms with Crippen molar-refractivity contribution >= 4 is 11.6 Å². The van der Waals surface area contributed by atoms with Crippen LogP contribution in [0.25, 0.3) is 0 Å². The molecular formula is C15H18N2O2. The van der Waals surface area contributed by atoms with Gasteiger partial charge < -0.3 is 15.0 Å². The average molecular weight is 258 g/mol. The smallest absolute Gasteiger partial charge is 0.224 e. The minimum atomic E-state index is -0.0724. The van der Waals surface area contributed by atoms with E-state index in [2.05, 4.69) is 5.32 Å². The van der Waals surface area contributed by atoms with Gasteiger partial charge >= 0.3 is 0 Å². The lowest BCUT2D eigenvalue weighted by Crippen LogP contribution is -2.13. The molecule has 0 unspecified atom stereocenters.